The van der Waals surface area contributed by atoms with E-state index in [1.54, 1.807) is 17.6 Å². The van der Waals surface area contributed by atoms with Gasteiger partial charge in [-0.15, -0.1) is 11.3 Å². The van der Waals surface area contributed by atoms with E-state index in [0.717, 1.165) is 11.3 Å². The third-order valence-corrected chi connectivity index (χ3v) is 4.65. The van der Waals surface area contributed by atoms with Crippen molar-refractivity contribution in [3.8, 4) is 17.0 Å². The normalized spacial score (nSPS) is 13.1. The number of benzene rings is 2. The maximum atomic E-state index is 13.0. The monoisotopic (exact) mass is 383 g/mol. The molecule has 2 heterocycles. The number of aromatic nitrogens is 1. The summed E-state index contributed by atoms with van der Waals surface area (Å²) < 4.78 is 18.5. The number of carbonyl (C=O) groups is 2. The summed E-state index contributed by atoms with van der Waals surface area (Å²) in [4.78, 5) is 30.4. The summed E-state index contributed by atoms with van der Waals surface area (Å²) in [6.45, 7) is -0.306. The van der Waals surface area contributed by atoms with Crippen LogP contribution in [0.3, 0.4) is 0 Å². The lowest BCUT2D eigenvalue weighted by Crippen LogP contribution is -2.43. The average molecular weight is 383 g/mol. The van der Waals surface area contributed by atoms with Crippen molar-refractivity contribution in [3.05, 3.63) is 59.2 Å². The van der Waals surface area contributed by atoms with Crippen LogP contribution in [-0.4, -0.2) is 29.9 Å². The number of hydrogen-bond donors (Lipinski definition) is 1. The van der Waals surface area contributed by atoms with Crippen LogP contribution in [0.5, 0.6) is 5.75 Å². The zero-order valence-corrected chi connectivity index (χ0v) is 14.8. The highest BCUT2D eigenvalue weighted by molar-refractivity contribution is 7.07. The number of rotatable bonds is 4. The van der Waals surface area contributed by atoms with Gasteiger partial charge in [0.15, 0.2) is 6.61 Å². The van der Waals surface area contributed by atoms with E-state index >= 15 is 0 Å². The molecule has 0 aliphatic carbocycles. The Balaban J connectivity index is 1.57. The Morgan fingerprint density at radius 1 is 1.26 bits per heavy atom. The van der Waals surface area contributed by atoms with Gasteiger partial charge in [0.05, 0.1) is 16.9 Å². The first-order valence-corrected chi connectivity index (χ1v) is 9.05. The van der Waals surface area contributed by atoms with Crippen molar-refractivity contribution in [2.24, 2.45) is 0 Å². The predicted octanol–water partition coefficient (Wildman–Crippen LogP) is 3.31. The molecule has 0 radical (unpaired) electrons. The van der Waals surface area contributed by atoms with Gasteiger partial charge < -0.3 is 10.1 Å². The number of nitrogens with zero attached hydrogens (tertiary/aromatic N) is 2. The molecule has 0 spiro atoms. The summed E-state index contributed by atoms with van der Waals surface area (Å²) in [5.41, 5.74) is 4.32. The number of ether oxygens (including phenoxy) is 1. The molecule has 0 saturated carbocycles. The minimum absolute atomic E-state index is 0.132. The molecule has 136 valence electrons. The van der Waals surface area contributed by atoms with Crippen molar-refractivity contribution in [2.75, 3.05) is 23.4 Å². The standard InChI is InChI=1S/C19H14FN3O3S/c20-13-2-4-14(5-3-13)22-18(24)8-23-16-7-12(15-10-27-11-21-15)1-6-17(16)26-9-19(23)25/h1-7,10-11H,8-9H2,(H,22,24). The van der Waals surface area contributed by atoms with Gasteiger partial charge in [0.25, 0.3) is 5.91 Å². The maximum Gasteiger partial charge on any atom is 0.265 e. The molecule has 6 nitrogen and oxygen atoms in total. The molecule has 0 saturated heterocycles. The lowest BCUT2D eigenvalue weighted by Gasteiger charge is -2.29. The van der Waals surface area contributed by atoms with Gasteiger partial charge in [-0.1, -0.05) is 0 Å². The molecule has 0 bridgehead atoms. The summed E-state index contributed by atoms with van der Waals surface area (Å²) in [5.74, 6) is -0.558. The Morgan fingerprint density at radius 3 is 2.81 bits per heavy atom. The summed E-state index contributed by atoms with van der Waals surface area (Å²) in [6, 6.07) is 10.8. The molecule has 1 aliphatic rings. The average Bonchev–Trinajstić information content (AvgIpc) is 3.20. The third-order valence-electron chi connectivity index (χ3n) is 4.06. The largest absolute Gasteiger partial charge is 0.482 e. The molecular weight excluding hydrogens is 369 g/mol. The number of halogens is 1. The van der Waals surface area contributed by atoms with Crippen molar-refractivity contribution in [1.82, 2.24) is 4.98 Å². The summed E-state index contributed by atoms with van der Waals surface area (Å²) in [7, 11) is 0. The third kappa shape index (κ3) is 3.65. The smallest absolute Gasteiger partial charge is 0.265 e. The van der Waals surface area contributed by atoms with Crippen molar-refractivity contribution in [3.63, 3.8) is 0 Å². The van der Waals surface area contributed by atoms with Crippen LogP contribution >= 0.6 is 11.3 Å². The van der Waals surface area contributed by atoms with Gasteiger partial charge in [-0.2, -0.15) is 0 Å². The van der Waals surface area contributed by atoms with Crippen LogP contribution in [-0.2, 0) is 9.59 Å². The zero-order chi connectivity index (χ0) is 18.8. The SMILES string of the molecule is O=C(CN1C(=O)COc2ccc(-c3cscn3)cc21)Nc1ccc(F)cc1. The first-order valence-electron chi connectivity index (χ1n) is 8.11. The quantitative estimate of drug-likeness (QED) is 0.750. The molecule has 2 amide bonds. The highest BCUT2D eigenvalue weighted by atomic mass is 32.1. The second kappa shape index (κ2) is 7.16. The summed E-state index contributed by atoms with van der Waals surface area (Å²) in [5, 5.41) is 4.56. The molecule has 1 N–H and O–H groups in total. The number of nitrogens with one attached hydrogen (secondary N) is 1. The van der Waals surface area contributed by atoms with Crippen LogP contribution in [0.1, 0.15) is 0 Å². The maximum absolute atomic E-state index is 13.0. The second-order valence-electron chi connectivity index (χ2n) is 5.88. The minimum atomic E-state index is -0.389. The molecule has 2 aromatic carbocycles. The topological polar surface area (TPSA) is 71.5 Å². The van der Waals surface area contributed by atoms with Gasteiger partial charge >= 0.3 is 0 Å². The number of anilines is 2. The summed E-state index contributed by atoms with van der Waals surface area (Å²) in [6.07, 6.45) is 0. The Labute approximate surface area is 158 Å². The summed E-state index contributed by atoms with van der Waals surface area (Å²) >= 11 is 1.47. The molecular formula is C19H14FN3O3S. The number of carbonyl (C=O) groups excluding carboxylic acids is 2. The van der Waals surface area contributed by atoms with Crippen LogP contribution in [0.15, 0.2) is 53.4 Å². The number of fused-ring (bicyclic) bond motifs is 1. The Hall–Kier alpha value is -3.26. The molecule has 0 unspecified atom stereocenters. The molecule has 1 aromatic heterocycles. The molecule has 1 aliphatic heterocycles. The van der Waals surface area contributed by atoms with Crippen molar-refractivity contribution in [1.29, 1.82) is 0 Å². The molecule has 0 fully saturated rings. The predicted molar refractivity (Wildman–Crippen MR) is 100 cm³/mol. The van der Waals surface area contributed by atoms with E-state index in [4.69, 9.17) is 4.74 Å². The number of amides is 2. The Kier molecular flexibility index (Phi) is 4.55. The molecule has 27 heavy (non-hydrogen) atoms. The molecule has 3 aromatic rings. The van der Waals surface area contributed by atoms with Crippen LogP contribution in [0, 0.1) is 5.82 Å². The van der Waals surface area contributed by atoms with Gasteiger partial charge in [-0.3, -0.25) is 14.5 Å². The fraction of sp³-hybridized carbons (Fsp3) is 0.105. The van der Waals surface area contributed by atoms with Gasteiger partial charge in [-0.05, 0) is 42.5 Å². The van der Waals surface area contributed by atoms with E-state index in [1.165, 1.54) is 40.5 Å². The van der Waals surface area contributed by atoms with Gasteiger partial charge in [0.2, 0.25) is 5.91 Å². The minimum Gasteiger partial charge on any atom is -0.482 e. The number of thiazole rings is 1. The van der Waals surface area contributed by atoms with E-state index in [1.807, 2.05) is 11.4 Å². The lowest BCUT2D eigenvalue weighted by molar-refractivity contribution is -0.123. The molecule has 4 rings (SSSR count). The number of hydrogen-bond acceptors (Lipinski definition) is 5. The van der Waals surface area contributed by atoms with Crippen LogP contribution in [0.2, 0.25) is 0 Å². The van der Waals surface area contributed by atoms with Crippen molar-refractivity contribution >= 4 is 34.5 Å². The second-order valence-corrected chi connectivity index (χ2v) is 6.60. The van der Waals surface area contributed by atoms with E-state index < -0.39 is 0 Å². The van der Waals surface area contributed by atoms with Gasteiger partial charge in [-0.25, -0.2) is 9.37 Å². The van der Waals surface area contributed by atoms with Gasteiger partial charge in [0, 0.05) is 16.6 Å². The van der Waals surface area contributed by atoms with E-state index in [2.05, 4.69) is 10.3 Å². The van der Waals surface area contributed by atoms with Crippen molar-refractivity contribution < 1.29 is 18.7 Å². The van der Waals surface area contributed by atoms with E-state index in [9.17, 15) is 14.0 Å². The lowest BCUT2D eigenvalue weighted by atomic mass is 10.1. The first-order chi connectivity index (χ1) is 13.1. The fourth-order valence-electron chi connectivity index (χ4n) is 2.77. The van der Waals surface area contributed by atoms with E-state index in [0.29, 0.717) is 17.1 Å². The highest BCUT2D eigenvalue weighted by Crippen LogP contribution is 2.35. The molecule has 8 heteroatoms. The fourth-order valence-corrected chi connectivity index (χ4v) is 3.33. The van der Waals surface area contributed by atoms with Crippen molar-refractivity contribution in [2.45, 2.75) is 0 Å². The van der Waals surface area contributed by atoms with E-state index in [-0.39, 0.29) is 30.8 Å². The Morgan fingerprint density at radius 2 is 2.07 bits per heavy atom. The molecule has 0 atom stereocenters. The Bertz CT molecular complexity index is 990. The highest BCUT2D eigenvalue weighted by Gasteiger charge is 2.28. The van der Waals surface area contributed by atoms with Crippen LogP contribution in [0.4, 0.5) is 15.8 Å². The first kappa shape index (κ1) is 17.2. The van der Waals surface area contributed by atoms with Crippen LogP contribution in [0.25, 0.3) is 11.3 Å². The zero-order valence-electron chi connectivity index (χ0n) is 14.0. The van der Waals surface area contributed by atoms with Gasteiger partial charge in [0.1, 0.15) is 18.1 Å². The van der Waals surface area contributed by atoms with Crippen LogP contribution < -0.4 is 15.0 Å².